The fraction of sp³-hybridized carbons (Fsp3) is 0.385. The van der Waals surface area contributed by atoms with Crippen molar-refractivity contribution < 1.29 is 4.39 Å². The minimum absolute atomic E-state index is 0.125. The number of terminal acetylenes is 1. The zero-order valence-corrected chi connectivity index (χ0v) is 10.0. The molecule has 0 aromatic heterocycles. The lowest BCUT2D eigenvalue weighted by Gasteiger charge is -2.16. The molecule has 0 saturated heterocycles. The van der Waals surface area contributed by atoms with Gasteiger partial charge in [-0.2, -0.15) is 0 Å². The van der Waals surface area contributed by atoms with Crippen molar-refractivity contribution in [2.45, 2.75) is 25.3 Å². The molecule has 3 heteroatoms. The van der Waals surface area contributed by atoms with Gasteiger partial charge in [0.15, 0.2) is 0 Å². The Morgan fingerprint density at radius 3 is 2.88 bits per heavy atom. The molecule has 0 amide bonds. The van der Waals surface area contributed by atoms with Gasteiger partial charge in [-0.05, 0) is 37.6 Å². The molecule has 1 atom stereocenters. The van der Waals surface area contributed by atoms with Crippen LogP contribution >= 0.6 is 11.6 Å². The second kappa shape index (κ2) is 6.52. The SMILES string of the molecule is C#CCCCC(NC)c1ccc(Cl)c(F)c1. The van der Waals surface area contributed by atoms with Crippen LogP contribution < -0.4 is 5.32 Å². The Hall–Kier alpha value is -1.04. The summed E-state index contributed by atoms with van der Waals surface area (Å²) in [5.41, 5.74) is 0.904. The van der Waals surface area contributed by atoms with E-state index in [2.05, 4.69) is 11.2 Å². The average molecular weight is 240 g/mol. The molecule has 1 aromatic carbocycles. The lowest BCUT2D eigenvalue weighted by molar-refractivity contribution is 0.526. The van der Waals surface area contributed by atoms with E-state index in [-0.39, 0.29) is 16.9 Å². The van der Waals surface area contributed by atoms with Gasteiger partial charge in [-0.1, -0.05) is 17.7 Å². The van der Waals surface area contributed by atoms with E-state index in [0.717, 1.165) is 24.8 Å². The third kappa shape index (κ3) is 3.52. The highest BCUT2D eigenvalue weighted by Crippen LogP contribution is 2.23. The van der Waals surface area contributed by atoms with Crippen molar-refractivity contribution in [1.82, 2.24) is 5.32 Å². The molecule has 0 bridgehead atoms. The summed E-state index contributed by atoms with van der Waals surface area (Å²) in [6.07, 6.45) is 7.75. The zero-order chi connectivity index (χ0) is 12.0. The van der Waals surface area contributed by atoms with E-state index in [1.807, 2.05) is 13.1 Å². The minimum Gasteiger partial charge on any atom is -0.313 e. The van der Waals surface area contributed by atoms with Gasteiger partial charge < -0.3 is 5.32 Å². The van der Waals surface area contributed by atoms with Crippen LogP contribution in [0.1, 0.15) is 30.9 Å². The quantitative estimate of drug-likeness (QED) is 0.612. The van der Waals surface area contributed by atoms with Crippen LogP contribution in [-0.4, -0.2) is 7.05 Å². The summed E-state index contributed by atoms with van der Waals surface area (Å²) < 4.78 is 13.3. The van der Waals surface area contributed by atoms with Crippen LogP contribution in [-0.2, 0) is 0 Å². The van der Waals surface area contributed by atoms with Crippen molar-refractivity contribution in [3.63, 3.8) is 0 Å². The summed E-state index contributed by atoms with van der Waals surface area (Å²) in [5, 5.41) is 3.30. The van der Waals surface area contributed by atoms with Gasteiger partial charge in [0.1, 0.15) is 5.82 Å². The van der Waals surface area contributed by atoms with Crippen LogP contribution in [0.15, 0.2) is 18.2 Å². The lowest BCUT2D eigenvalue weighted by Crippen LogP contribution is -2.16. The van der Waals surface area contributed by atoms with Crippen molar-refractivity contribution in [1.29, 1.82) is 0 Å². The van der Waals surface area contributed by atoms with E-state index < -0.39 is 0 Å². The average Bonchev–Trinajstić information content (AvgIpc) is 2.29. The Labute approximate surface area is 101 Å². The number of nitrogens with one attached hydrogen (secondary N) is 1. The summed E-state index contributed by atoms with van der Waals surface area (Å²) in [5.74, 6) is 2.22. The van der Waals surface area contributed by atoms with E-state index in [4.69, 9.17) is 18.0 Å². The minimum atomic E-state index is -0.378. The molecule has 1 nitrogen and oxygen atoms in total. The van der Waals surface area contributed by atoms with Crippen molar-refractivity contribution in [2.24, 2.45) is 0 Å². The third-order valence-corrected chi connectivity index (χ3v) is 2.81. The van der Waals surface area contributed by atoms with Gasteiger partial charge in [0, 0.05) is 12.5 Å². The molecule has 1 N–H and O–H groups in total. The first-order valence-corrected chi connectivity index (χ1v) is 5.62. The Kier molecular flexibility index (Phi) is 5.31. The molecular formula is C13H15ClFN. The van der Waals surface area contributed by atoms with Crippen molar-refractivity contribution in [3.8, 4) is 12.3 Å². The maximum Gasteiger partial charge on any atom is 0.142 e. The largest absolute Gasteiger partial charge is 0.313 e. The van der Waals surface area contributed by atoms with Gasteiger partial charge in [0.25, 0.3) is 0 Å². The number of hydrogen-bond acceptors (Lipinski definition) is 1. The third-order valence-electron chi connectivity index (χ3n) is 2.51. The standard InChI is InChI=1S/C13H15ClFN/c1-3-4-5-6-13(16-2)10-7-8-11(14)12(15)9-10/h1,7-9,13,16H,4-6H2,2H3. The Balaban J connectivity index is 2.71. The van der Waals surface area contributed by atoms with Gasteiger partial charge >= 0.3 is 0 Å². The first-order valence-electron chi connectivity index (χ1n) is 5.24. The first-order chi connectivity index (χ1) is 7.69. The number of benzene rings is 1. The normalized spacial score (nSPS) is 12.1. The van der Waals surface area contributed by atoms with Crippen molar-refractivity contribution >= 4 is 11.6 Å². The highest BCUT2D eigenvalue weighted by atomic mass is 35.5. The second-order valence-electron chi connectivity index (χ2n) is 3.61. The molecule has 0 fully saturated rings. The molecule has 0 radical (unpaired) electrons. The highest BCUT2D eigenvalue weighted by Gasteiger charge is 2.10. The predicted octanol–water partition coefficient (Wildman–Crippen LogP) is 3.54. The highest BCUT2D eigenvalue weighted by molar-refractivity contribution is 6.30. The van der Waals surface area contributed by atoms with Crippen LogP contribution in [0.2, 0.25) is 5.02 Å². The summed E-state index contributed by atoms with van der Waals surface area (Å²) in [4.78, 5) is 0. The van der Waals surface area contributed by atoms with Crippen molar-refractivity contribution in [3.05, 3.63) is 34.6 Å². The number of hydrogen-bond donors (Lipinski definition) is 1. The van der Waals surface area contributed by atoms with Crippen LogP contribution in [0.5, 0.6) is 0 Å². The molecule has 1 rings (SSSR count). The molecule has 86 valence electrons. The van der Waals surface area contributed by atoms with E-state index in [0.29, 0.717) is 0 Å². The molecule has 0 aliphatic rings. The van der Waals surface area contributed by atoms with Gasteiger partial charge in [-0.3, -0.25) is 0 Å². The van der Waals surface area contributed by atoms with Crippen molar-refractivity contribution in [2.75, 3.05) is 7.05 Å². The van der Waals surface area contributed by atoms with Gasteiger partial charge in [-0.15, -0.1) is 12.3 Å². The van der Waals surface area contributed by atoms with E-state index in [9.17, 15) is 4.39 Å². The zero-order valence-electron chi connectivity index (χ0n) is 9.26. The Morgan fingerprint density at radius 1 is 1.56 bits per heavy atom. The topological polar surface area (TPSA) is 12.0 Å². The number of unbranched alkanes of at least 4 members (excludes halogenated alkanes) is 1. The summed E-state index contributed by atoms with van der Waals surface area (Å²) >= 11 is 5.63. The van der Waals surface area contributed by atoms with Crippen LogP contribution in [0, 0.1) is 18.2 Å². The molecule has 1 unspecified atom stereocenters. The predicted molar refractivity (Wildman–Crippen MR) is 65.9 cm³/mol. The van der Waals surface area contributed by atoms with E-state index in [1.165, 1.54) is 6.07 Å². The van der Waals surface area contributed by atoms with Crippen LogP contribution in [0.25, 0.3) is 0 Å². The maximum atomic E-state index is 13.3. The van der Waals surface area contributed by atoms with Gasteiger partial charge in [0.2, 0.25) is 0 Å². The first kappa shape index (κ1) is 13.0. The Morgan fingerprint density at radius 2 is 2.31 bits per heavy atom. The summed E-state index contributed by atoms with van der Waals surface area (Å²) in [7, 11) is 1.85. The molecule has 16 heavy (non-hydrogen) atoms. The number of halogens is 2. The molecule has 0 saturated carbocycles. The molecule has 0 aliphatic heterocycles. The fourth-order valence-corrected chi connectivity index (χ4v) is 1.73. The molecular weight excluding hydrogens is 225 g/mol. The summed E-state index contributed by atoms with van der Waals surface area (Å²) in [6.45, 7) is 0. The van der Waals surface area contributed by atoms with E-state index >= 15 is 0 Å². The molecule has 1 aromatic rings. The smallest absolute Gasteiger partial charge is 0.142 e. The van der Waals surface area contributed by atoms with Gasteiger partial charge in [-0.25, -0.2) is 4.39 Å². The molecule has 0 heterocycles. The number of rotatable bonds is 5. The van der Waals surface area contributed by atoms with E-state index in [1.54, 1.807) is 6.07 Å². The second-order valence-corrected chi connectivity index (χ2v) is 4.02. The maximum absolute atomic E-state index is 13.3. The lowest BCUT2D eigenvalue weighted by atomic mass is 10.0. The fourth-order valence-electron chi connectivity index (χ4n) is 1.62. The van der Waals surface area contributed by atoms with Crippen LogP contribution in [0.3, 0.4) is 0 Å². The molecule has 0 spiro atoms. The van der Waals surface area contributed by atoms with Crippen LogP contribution in [0.4, 0.5) is 4.39 Å². The summed E-state index contributed by atoms with van der Waals surface area (Å²) in [6, 6.07) is 5.01. The monoisotopic (exact) mass is 239 g/mol. The Bertz CT molecular complexity index is 384. The van der Waals surface area contributed by atoms with Gasteiger partial charge in [0.05, 0.1) is 5.02 Å². The molecule has 0 aliphatic carbocycles.